The molecule has 0 aromatic heterocycles. The fourth-order valence-electron chi connectivity index (χ4n) is 4.12. The molecule has 2 fully saturated rings. The van der Waals surface area contributed by atoms with E-state index in [4.69, 9.17) is 10.6 Å². The number of hydrogen-bond acceptors (Lipinski definition) is 5. The summed E-state index contributed by atoms with van der Waals surface area (Å²) in [4.78, 5) is 5.43. The Labute approximate surface area is 160 Å². The third-order valence-corrected chi connectivity index (χ3v) is 7.67. The molecule has 8 nitrogen and oxygen atoms in total. The normalized spacial score (nSPS) is 21.1. The van der Waals surface area contributed by atoms with Crippen LogP contribution in [-0.2, 0) is 10.0 Å². The average molecular weight is 394 g/mol. The number of piperidine rings is 2. The highest BCUT2D eigenvalue weighted by Gasteiger charge is 2.32. The number of benzene rings is 1. The third-order valence-electron chi connectivity index (χ3n) is 5.76. The number of nitrogens with zero attached hydrogens (tertiary/aromatic N) is 5. The average Bonchev–Trinajstić information content (AvgIpc) is 2.70. The minimum absolute atomic E-state index is 0.239. The first-order valence-corrected chi connectivity index (χ1v) is 11.0. The highest BCUT2D eigenvalue weighted by atomic mass is 32.2. The van der Waals surface area contributed by atoms with E-state index in [-0.39, 0.29) is 11.5 Å². The van der Waals surface area contributed by atoms with E-state index in [1.54, 1.807) is 4.31 Å². The Kier molecular flexibility index (Phi) is 6.73. The van der Waals surface area contributed by atoms with Crippen molar-refractivity contribution in [2.75, 3.05) is 32.8 Å². The minimum atomic E-state index is -3.51. The lowest BCUT2D eigenvalue weighted by molar-refractivity contribution is 0.0894. The first kappa shape index (κ1) is 20.1. The topological polar surface area (TPSA) is 110 Å². The molecule has 0 aliphatic carbocycles. The molecule has 2 heterocycles. The van der Waals surface area contributed by atoms with Gasteiger partial charge in [-0.15, -0.1) is 0 Å². The largest absolute Gasteiger partial charge is 0.396 e. The fraction of sp³-hybridized carbons (Fsp3) is 0.667. The summed E-state index contributed by atoms with van der Waals surface area (Å²) in [6, 6.07) is 6.49. The molecule has 1 N–H and O–H groups in total. The van der Waals surface area contributed by atoms with E-state index in [1.807, 2.05) is 0 Å². The summed E-state index contributed by atoms with van der Waals surface area (Å²) in [6.45, 7) is 3.42. The molecule has 1 aromatic rings. The standard InChI is InChI=1S/C18H27N5O3S/c19-21-20-16-1-3-18(4-2-16)27(25,26)23-12-7-17(8-13-23)22-10-5-15(6-11-22)9-14-24/h1-4,15,17,24H,5-14H2. The Morgan fingerprint density at radius 3 is 2.26 bits per heavy atom. The Hall–Kier alpha value is -1.64. The van der Waals surface area contributed by atoms with Crippen LogP contribution < -0.4 is 0 Å². The van der Waals surface area contributed by atoms with E-state index < -0.39 is 10.0 Å². The SMILES string of the molecule is [N-]=[N+]=Nc1ccc(S(=O)(=O)N2CCC(N3CCC(CCO)CC3)CC2)cc1. The number of hydrogen-bond donors (Lipinski definition) is 1. The molecule has 0 radical (unpaired) electrons. The predicted molar refractivity (Wildman–Crippen MR) is 103 cm³/mol. The van der Waals surface area contributed by atoms with Gasteiger partial charge in [0.05, 0.1) is 4.90 Å². The van der Waals surface area contributed by atoms with E-state index in [0.717, 1.165) is 45.2 Å². The maximum absolute atomic E-state index is 12.8. The molecular formula is C18H27N5O3S. The van der Waals surface area contributed by atoms with Gasteiger partial charge in [0, 0.05) is 36.3 Å². The van der Waals surface area contributed by atoms with Crippen LogP contribution in [0.1, 0.15) is 32.1 Å². The lowest BCUT2D eigenvalue weighted by atomic mass is 9.92. The van der Waals surface area contributed by atoms with Crippen molar-refractivity contribution in [1.29, 1.82) is 0 Å². The molecule has 27 heavy (non-hydrogen) atoms. The van der Waals surface area contributed by atoms with Crippen molar-refractivity contribution in [3.05, 3.63) is 34.7 Å². The van der Waals surface area contributed by atoms with Crippen LogP contribution in [0.2, 0.25) is 0 Å². The van der Waals surface area contributed by atoms with Crippen molar-refractivity contribution in [1.82, 2.24) is 9.21 Å². The van der Waals surface area contributed by atoms with Gasteiger partial charge in [0.15, 0.2) is 0 Å². The summed E-state index contributed by atoms with van der Waals surface area (Å²) in [5.74, 6) is 0.625. The number of aliphatic hydroxyl groups excluding tert-OH is 1. The second kappa shape index (κ2) is 9.03. The van der Waals surface area contributed by atoms with Gasteiger partial charge in [-0.05, 0) is 68.8 Å². The summed E-state index contributed by atoms with van der Waals surface area (Å²) in [5.41, 5.74) is 8.85. The monoisotopic (exact) mass is 393 g/mol. The molecule has 0 bridgehead atoms. The van der Waals surface area contributed by atoms with Gasteiger partial charge in [-0.25, -0.2) is 8.42 Å². The Bertz CT molecular complexity index is 761. The molecule has 2 aliphatic rings. The molecule has 0 amide bonds. The van der Waals surface area contributed by atoms with E-state index in [1.165, 1.54) is 24.3 Å². The predicted octanol–water partition coefficient (Wildman–Crippen LogP) is 2.88. The molecule has 148 valence electrons. The van der Waals surface area contributed by atoms with Crippen LogP contribution in [0.5, 0.6) is 0 Å². The number of aliphatic hydroxyl groups is 1. The highest BCUT2D eigenvalue weighted by Crippen LogP contribution is 2.28. The third kappa shape index (κ3) is 4.80. The zero-order valence-corrected chi connectivity index (χ0v) is 16.3. The molecule has 9 heteroatoms. The summed E-state index contributed by atoms with van der Waals surface area (Å²) >= 11 is 0. The van der Waals surface area contributed by atoms with Crippen molar-refractivity contribution in [2.45, 2.75) is 43.0 Å². The molecule has 0 unspecified atom stereocenters. The summed E-state index contributed by atoms with van der Waals surface area (Å²) < 4.78 is 27.2. The summed E-state index contributed by atoms with van der Waals surface area (Å²) in [5, 5.41) is 12.6. The minimum Gasteiger partial charge on any atom is -0.396 e. The number of sulfonamides is 1. The molecule has 2 aliphatic heterocycles. The van der Waals surface area contributed by atoms with E-state index in [9.17, 15) is 8.42 Å². The maximum Gasteiger partial charge on any atom is 0.243 e. The molecular weight excluding hydrogens is 366 g/mol. The van der Waals surface area contributed by atoms with Gasteiger partial charge in [0.1, 0.15) is 0 Å². The van der Waals surface area contributed by atoms with Crippen molar-refractivity contribution >= 4 is 15.7 Å². The van der Waals surface area contributed by atoms with Crippen LogP contribution >= 0.6 is 0 Å². The van der Waals surface area contributed by atoms with Crippen LogP contribution in [0, 0.1) is 5.92 Å². The zero-order chi connectivity index (χ0) is 19.3. The number of likely N-dealkylation sites (tertiary alicyclic amines) is 1. The Morgan fingerprint density at radius 2 is 1.70 bits per heavy atom. The maximum atomic E-state index is 12.8. The zero-order valence-electron chi connectivity index (χ0n) is 15.4. The highest BCUT2D eigenvalue weighted by molar-refractivity contribution is 7.89. The van der Waals surface area contributed by atoms with Crippen LogP contribution in [0.4, 0.5) is 5.69 Å². The van der Waals surface area contributed by atoms with E-state index in [2.05, 4.69) is 14.9 Å². The van der Waals surface area contributed by atoms with Gasteiger partial charge < -0.3 is 10.0 Å². The molecule has 0 spiro atoms. The van der Waals surface area contributed by atoms with Crippen molar-refractivity contribution < 1.29 is 13.5 Å². The molecule has 0 saturated carbocycles. The molecule has 0 atom stereocenters. The lowest BCUT2D eigenvalue weighted by Gasteiger charge is -2.41. The Balaban J connectivity index is 1.56. The van der Waals surface area contributed by atoms with E-state index in [0.29, 0.717) is 30.7 Å². The van der Waals surface area contributed by atoms with Gasteiger partial charge in [-0.1, -0.05) is 17.2 Å². The van der Waals surface area contributed by atoms with Crippen LogP contribution in [0.15, 0.2) is 34.3 Å². The fourth-order valence-corrected chi connectivity index (χ4v) is 5.59. The van der Waals surface area contributed by atoms with Crippen molar-refractivity contribution in [3.63, 3.8) is 0 Å². The van der Waals surface area contributed by atoms with Crippen molar-refractivity contribution in [2.24, 2.45) is 11.0 Å². The lowest BCUT2D eigenvalue weighted by Crippen LogP contribution is -2.49. The molecule has 2 saturated heterocycles. The smallest absolute Gasteiger partial charge is 0.243 e. The molecule has 1 aromatic carbocycles. The van der Waals surface area contributed by atoms with Crippen molar-refractivity contribution in [3.8, 4) is 0 Å². The van der Waals surface area contributed by atoms with Gasteiger partial charge in [0.25, 0.3) is 0 Å². The first-order chi connectivity index (χ1) is 13.0. The van der Waals surface area contributed by atoms with Crippen LogP contribution in [0.25, 0.3) is 10.4 Å². The van der Waals surface area contributed by atoms with Gasteiger partial charge in [0.2, 0.25) is 10.0 Å². The summed E-state index contributed by atoms with van der Waals surface area (Å²) in [6.07, 6.45) is 4.83. The molecule has 3 rings (SSSR count). The second-order valence-electron chi connectivity index (χ2n) is 7.31. The van der Waals surface area contributed by atoms with Gasteiger partial charge >= 0.3 is 0 Å². The Morgan fingerprint density at radius 1 is 1.07 bits per heavy atom. The second-order valence-corrected chi connectivity index (χ2v) is 9.25. The first-order valence-electron chi connectivity index (χ1n) is 9.55. The van der Waals surface area contributed by atoms with Gasteiger partial charge in [-0.3, -0.25) is 0 Å². The van der Waals surface area contributed by atoms with E-state index >= 15 is 0 Å². The number of azide groups is 1. The summed E-state index contributed by atoms with van der Waals surface area (Å²) in [7, 11) is -3.51. The van der Waals surface area contributed by atoms with Gasteiger partial charge in [-0.2, -0.15) is 4.31 Å². The quantitative estimate of drug-likeness (QED) is 0.455. The van der Waals surface area contributed by atoms with Crippen LogP contribution in [0.3, 0.4) is 0 Å². The number of rotatable bonds is 6. The van der Waals surface area contributed by atoms with Crippen LogP contribution in [-0.4, -0.2) is 61.6 Å².